The molecule has 1 aliphatic rings. The molecule has 0 aromatic heterocycles. The van der Waals surface area contributed by atoms with E-state index in [0.29, 0.717) is 30.9 Å². The van der Waals surface area contributed by atoms with Crippen molar-refractivity contribution in [3.8, 4) is 11.5 Å². The topological polar surface area (TPSA) is 129 Å². The second-order valence-electron chi connectivity index (χ2n) is 9.07. The van der Waals surface area contributed by atoms with Crippen molar-refractivity contribution in [3.63, 3.8) is 0 Å². The van der Waals surface area contributed by atoms with Crippen LogP contribution in [0.2, 0.25) is 0 Å². The highest BCUT2D eigenvalue weighted by atomic mass is 19.1. The van der Waals surface area contributed by atoms with Crippen LogP contribution >= 0.6 is 0 Å². The van der Waals surface area contributed by atoms with Crippen molar-refractivity contribution >= 4 is 23.1 Å². The van der Waals surface area contributed by atoms with Crippen LogP contribution in [0.5, 0.6) is 11.5 Å². The van der Waals surface area contributed by atoms with Gasteiger partial charge in [0.2, 0.25) is 0 Å². The summed E-state index contributed by atoms with van der Waals surface area (Å²) >= 11 is 0. The van der Waals surface area contributed by atoms with Crippen molar-refractivity contribution in [1.82, 2.24) is 10.2 Å². The fraction of sp³-hybridized carbons (Fsp3) is 0.440. The van der Waals surface area contributed by atoms with Gasteiger partial charge < -0.3 is 36.0 Å². The maximum Gasteiger partial charge on any atom is 0.257 e. The molecule has 0 aliphatic carbocycles. The van der Waals surface area contributed by atoms with E-state index in [-0.39, 0.29) is 34.5 Å². The van der Waals surface area contributed by atoms with Gasteiger partial charge in [-0.2, -0.15) is 0 Å². The van der Waals surface area contributed by atoms with Crippen molar-refractivity contribution in [3.05, 3.63) is 47.3 Å². The number of phenolic OH excluding ortho intramolecular Hbond substituents is 2. The van der Waals surface area contributed by atoms with Crippen LogP contribution in [0.1, 0.15) is 37.8 Å². The molecular formula is C25H35FN6O3. The normalized spacial score (nSPS) is 15.2. The van der Waals surface area contributed by atoms with Gasteiger partial charge in [0.25, 0.3) is 5.91 Å². The lowest BCUT2D eigenvalue weighted by Gasteiger charge is -2.35. The van der Waals surface area contributed by atoms with E-state index in [1.165, 1.54) is 17.0 Å². The summed E-state index contributed by atoms with van der Waals surface area (Å²) in [6, 6.07) is 7.14. The number of nitrogens with two attached hydrogens (primary N) is 1. The van der Waals surface area contributed by atoms with E-state index < -0.39 is 17.9 Å². The summed E-state index contributed by atoms with van der Waals surface area (Å²) in [5, 5.41) is 32.2. The Morgan fingerprint density at radius 3 is 2.40 bits per heavy atom. The van der Waals surface area contributed by atoms with Gasteiger partial charge >= 0.3 is 0 Å². The highest BCUT2D eigenvalue weighted by Crippen LogP contribution is 2.34. The molecule has 1 heterocycles. The van der Waals surface area contributed by atoms with Gasteiger partial charge in [-0.25, -0.2) is 4.39 Å². The maximum atomic E-state index is 15.3. The van der Waals surface area contributed by atoms with E-state index in [2.05, 4.69) is 10.2 Å². The van der Waals surface area contributed by atoms with Crippen molar-refractivity contribution in [2.24, 2.45) is 5.73 Å². The van der Waals surface area contributed by atoms with Crippen molar-refractivity contribution < 1.29 is 19.4 Å². The standard InChI is InChI=1S/C25H35FN6O3/c1-5-29-25(35)24(28)32(23(27)18-13-17(15(2)3)21(33)14-22(18)34)16-6-7-20(19(26)12-16)31-10-8-30(4)9-11-31/h6-7,12-15,24,27,33-34H,5,8-11,28H2,1-4H3,(H,29,35). The summed E-state index contributed by atoms with van der Waals surface area (Å²) in [4.78, 5) is 18.0. The first-order valence-corrected chi connectivity index (χ1v) is 11.8. The summed E-state index contributed by atoms with van der Waals surface area (Å²) in [6.45, 7) is 8.80. The maximum absolute atomic E-state index is 15.3. The van der Waals surface area contributed by atoms with Gasteiger partial charge in [-0.3, -0.25) is 10.2 Å². The lowest BCUT2D eigenvalue weighted by Crippen LogP contribution is -2.55. The van der Waals surface area contributed by atoms with Gasteiger partial charge in [0.05, 0.1) is 11.3 Å². The molecule has 9 nitrogen and oxygen atoms in total. The Morgan fingerprint density at radius 2 is 1.83 bits per heavy atom. The minimum absolute atomic E-state index is 0.0646. The number of aromatic hydroxyl groups is 2. The number of carbonyl (C=O) groups is 1. The number of nitrogens with zero attached hydrogens (tertiary/aromatic N) is 3. The summed E-state index contributed by atoms with van der Waals surface area (Å²) in [5.41, 5.74) is 7.47. The number of amidine groups is 1. The minimum atomic E-state index is -1.35. The van der Waals surface area contributed by atoms with Crippen molar-refractivity contribution in [2.75, 3.05) is 49.6 Å². The molecule has 2 aromatic carbocycles. The zero-order valence-corrected chi connectivity index (χ0v) is 20.7. The second-order valence-corrected chi connectivity index (χ2v) is 9.07. The third kappa shape index (κ3) is 5.66. The molecule has 6 N–H and O–H groups in total. The third-order valence-corrected chi connectivity index (χ3v) is 6.21. The smallest absolute Gasteiger partial charge is 0.257 e. The number of carbonyl (C=O) groups excluding carboxylic acids is 1. The summed E-state index contributed by atoms with van der Waals surface area (Å²) < 4.78 is 15.3. The molecule has 1 saturated heterocycles. The van der Waals surface area contributed by atoms with Crippen LogP contribution in [-0.2, 0) is 4.79 Å². The lowest BCUT2D eigenvalue weighted by molar-refractivity contribution is -0.122. The average Bonchev–Trinajstić information content (AvgIpc) is 2.80. The number of rotatable bonds is 7. The first-order valence-electron chi connectivity index (χ1n) is 11.8. The van der Waals surface area contributed by atoms with Crippen LogP contribution in [0, 0.1) is 11.2 Å². The number of amides is 1. The first-order chi connectivity index (χ1) is 16.5. The molecule has 1 unspecified atom stereocenters. The number of anilines is 2. The van der Waals surface area contributed by atoms with Gasteiger partial charge in [-0.1, -0.05) is 13.8 Å². The number of likely N-dealkylation sites (N-methyl/N-ethyl adjacent to an activating group) is 2. The fourth-order valence-corrected chi connectivity index (χ4v) is 4.15. The third-order valence-electron chi connectivity index (χ3n) is 6.21. The first kappa shape index (κ1) is 26.2. The highest BCUT2D eigenvalue weighted by Gasteiger charge is 2.30. The molecular weight excluding hydrogens is 451 g/mol. The molecule has 0 spiro atoms. The van der Waals surface area contributed by atoms with Crippen LogP contribution in [0.3, 0.4) is 0 Å². The van der Waals surface area contributed by atoms with E-state index in [0.717, 1.165) is 19.2 Å². The molecule has 1 aliphatic heterocycles. The number of benzene rings is 2. The predicted octanol–water partition coefficient (Wildman–Crippen LogP) is 2.36. The summed E-state index contributed by atoms with van der Waals surface area (Å²) in [7, 11) is 2.02. The van der Waals surface area contributed by atoms with E-state index in [9.17, 15) is 15.0 Å². The Labute approximate surface area is 205 Å². The van der Waals surface area contributed by atoms with Crippen molar-refractivity contribution in [2.45, 2.75) is 32.9 Å². The number of phenols is 2. The van der Waals surface area contributed by atoms with Gasteiger partial charge in [0.15, 0.2) is 6.17 Å². The quantitative estimate of drug-likeness (QED) is 0.231. The molecule has 190 valence electrons. The number of halogens is 1. The van der Waals surface area contributed by atoms with Crippen LogP contribution in [0.4, 0.5) is 15.8 Å². The average molecular weight is 487 g/mol. The largest absolute Gasteiger partial charge is 0.508 e. The zero-order chi connectivity index (χ0) is 25.9. The van der Waals surface area contributed by atoms with E-state index in [4.69, 9.17) is 11.1 Å². The molecule has 10 heteroatoms. The summed E-state index contributed by atoms with van der Waals surface area (Å²) in [6.07, 6.45) is -1.35. The number of piperazine rings is 1. The van der Waals surface area contributed by atoms with Gasteiger partial charge in [-0.15, -0.1) is 0 Å². The SMILES string of the molecule is CCNC(=O)C(N)N(C(=N)c1cc(C(C)C)c(O)cc1O)c1ccc(N2CCN(C)CC2)c(F)c1. The van der Waals surface area contributed by atoms with Crippen LogP contribution in [-0.4, -0.2) is 72.8 Å². The van der Waals surface area contributed by atoms with Crippen molar-refractivity contribution in [1.29, 1.82) is 5.41 Å². The number of hydrogen-bond acceptors (Lipinski definition) is 7. The van der Waals surface area contributed by atoms with E-state index in [1.807, 2.05) is 25.8 Å². The van der Waals surface area contributed by atoms with E-state index in [1.54, 1.807) is 19.1 Å². The molecule has 0 bridgehead atoms. The Morgan fingerprint density at radius 1 is 1.17 bits per heavy atom. The second kappa shape index (κ2) is 10.9. The lowest BCUT2D eigenvalue weighted by atomic mass is 9.98. The fourth-order valence-electron chi connectivity index (χ4n) is 4.15. The summed E-state index contributed by atoms with van der Waals surface area (Å²) in [5.74, 6) is -1.88. The van der Waals surface area contributed by atoms with E-state index >= 15 is 4.39 Å². The van der Waals surface area contributed by atoms with Gasteiger partial charge in [0, 0.05) is 44.5 Å². The Kier molecular flexibility index (Phi) is 8.18. The monoisotopic (exact) mass is 486 g/mol. The minimum Gasteiger partial charge on any atom is -0.508 e. The van der Waals surface area contributed by atoms with Gasteiger partial charge in [0.1, 0.15) is 23.2 Å². The Hall–Kier alpha value is -3.37. The molecule has 35 heavy (non-hydrogen) atoms. The van der Waals surface area contributed by atoms with Gasteiger partial charge in [-0.05, 0) is 49.7 Å². The molecule has 1 atom stereocenters. The Bertz CT molecular complexity index is 1090. The number of nitrogens with one attached hydrogen (secondary N) is 2. The molecule has 0 radical (unpaired) electrons. The number of hydrogen-bond donors (Lipinski definition) is 5. The molecule has 1 fully saturated rings. The zero-order valence-electron chi connectivity index (χ0n) is 20.7. The predicted molar refractivity (Wildman–Crippen MR) is 136 cm³/mol. The molecule has 1 amide bonds. The highest BCUT2D eigenvalue weighted by molar-refractivity contribution is 6.12. The van der Waals surface area contributed by atoms with Crippen LogP contribution in [0.15, 0.2) is 30.3 Å². The Balaban J connectivity index is 2.04. The molecule has 3 rings (SSSR count). The van der Waals surface area contributed by atoms with Crippen LogP contribution < -0.4 is 20.9 Å². The molecule has 0 saturated carbocycles. The molecule has 2 aromatic rings. The van der Waals surface area contributed by atoms with Crippen LogP contribution in [0.25, 0.3) is 0 Å².